The molecule has 0 saturated carbocycles. The number of nitriles is 1. The van der Waals surface area contributed by atoms with Crippen molar-refractivity contribution in [2.24, 2.45) is 5.41 Å². The van der Waals surface area contributed by atoms with Gasteiger partial charge in [-0.15, -0.1) is 0 Å². The van der Waals surface area contributed by atoms with Gasteiger partial charge in [-0.05, 0) is 83.4 Å². The summed E-state index contributed by atoms with van der Waals surface area (Å²) in [6.07, 6.45) is 0.812. The van der Waals surface area contributed by atoms with Crippen molar-refractivity contribution in [1.82, 2.24) is 26.1 Å². The second kappa shape index (κ2) is 12.0. The number of carbonyl (C=O) groups excluding carboxylic acids is 3. The van der Waals surface area contributed by atoms with Crippen molar-refractivity contribution in [1.29, 1.82) is 5.26 Å². The number of amides is 3. The molecule has 0 spiro atoms. The van der Waals surface area contributed by atoms with Crippen LogP contribution in [-0.2, 0) is 9.59 Å². The molecule has 2 aliphatic rings. The lowest BCUT2D eigenvalue weighted by molar-refractivity contribution is -0.137. The monoisotopic (exact) mass is 584 g/mol. The molecule has 3 amide bonds. The van der Waals surface area contributed by atoms with Gasteiger partial charge in [0.15, 0.2) is 6.10 Å². The highest BCUT2D eigenvalue weighted by atomic mass is 35.5. The Morgan fingerprint density at radius 2 is 2.02 bits per heavy atom. The second-order valence-electron chi connectivity index (χ2n) is 11.2. The van der Waals surface area contributed by atoms with Crippen LogP contribution in [0, 0.1) is 29.5 Å². The van der Waals surface area contributed by atoms with E-state index in [4.69, 9.17) is 16.3 Å². The lowest BCUT2D eigenvalue weighted by atomic mass is 9.84. The highest BCUT2D eigenvalue weighted by Crippen LogP contribution is 2.44. The van der Waals surface area contributed by atoms with Crippen LogP contribution in [-0.4, -0.2) is 51.8 Å². The van der Waals surface area contributed by atoms with Crippen LogP contribution in [0.1, 0.15) is 74.7 Å². The van der Waals surface area contributed by atoms with E-state index < -0.39 is 47.3 Å². The van der Waals surface area contributed by atoms with Gasteiger partial charge >= 0.3 is 0 Å². The van der Waals surface area contributed by atoms with Gasteiger partial charge in [0.05, 0.1) is 29.3 Å². The average Bonchev–Trinajstić information content (AvgIpc) is 3.37. The van der Waals surface area contributed by atoms with Gasteiger partial charge in [-0.1, -0.05) is 11.6 Å². The van der Waals surface area contributed by atoms with Crippen molar-refractivity contribution in [3.05, 3.63) is 58.1 Å². The van der Waals surface area contributed by atoms with E-state index in [1.54, 1.807) is 44.7 Å². The van der Waals surface area contributed by atoms with Crippen LogP contribution in [0.15, 0.2) is 30.3 Å². The number of aryl methyl sites for hydroxylation is 1. The van der Waals surface area contributed by atoms with E-state index in [1.807, 2.05) is 6.92 Å². The van der Waals surface area contributed by atoms with Gasteiger partial charge in [0.25, 0.3) is 11.8 Å². The molecule has 3 heterocycles. The highest BCUT2D eigenvalue weighted by Gasteiger charge is 2.46. The molecule has 0 bridgehead atoms. The Balaban J connectivity index is 1.51. The molecule has 41 heavy (non-hydrogen) atoms. The Labute approximate surface area is 243 Å². The number of hydrazine groups is 1. The normalized spacial score (nSPS) is 23.4. The fourth-order valence-corrected chi connectivity index (χ4v) is 5.60. The molecule has 2 unspecified atom stereocenters. The van der Waals surface area contributed by atoms with Gasteiger partial charge in [0.1, 0.15) is 23.3 Å². The summed E-state index contributed by atoms with van der Waals surface area (Å²) in [4.78, 5) is 45.0. The van der Waals surface area contributed by atoms with E-state index >= 15 is 0 Å². The SMILES string of the molecule is Cc1nc(C(=O)N[C@H](C)C(=O)N2[C@H](c3cc(F)cc(Cl)c3)CC[C@@H]2C(C)(C)C#N)ccc1OC1CC(C)NNC1=O. The van der Waals surface area contributed by atoms with Gasteiger partial charge in [-0.25, -0.2) is 14.8 Å². The Hall–Kier alpha value is -3.75. The van der Waals surface area contributed by atoms with E-state index in [1.165, 1.54) is 18.2 Å². The summed E-state index contributed by atoms with van der Waals surface area (Å²) in [5.74, 6) is -1.43. The molecule has 12 heteroatoms. The molecule has 4 rings (SSSR count). The fourth-order valence-electron chi connectivity index (χ4n) is 5.37. The van der Waals surface area contributed by atoms with Crippen LogP contribution in [0.3, 0.4) is 0 Å². The Bertz CT molecular complexity index is 1380. The number of nitrogens with zero attached hydrogens (tertiary/aromatic N) is 3. The summed E-state index contributed by atoms with van der Waals surface area (Å²) in [7, 11) is 0. The van der Waals surface area contributed by atoms with Crippen molar-refractivity contribution < 1.29 is 23.5 Å². The number of ether oxygens (including phenoxy) is 1. The van der Waals surface area contributed by atoms with Gasteiger partial charge in [-0.3, -0.25) is 19.8 Å². The number of aromatic nitrogens is 1. The van der Waals surface area contributed by atoms with E-state index in [9.17, 15) is 24.0 Å². The fraction of sp³-hybridized carbons (Fsp3) is 0.483. The smallest absolute Gasteiger partial charge is 0.275 e. The zero-order valence-electron chi connectivity index (χ0n) is 23.6. The summed E-state index contributed by atoms with van der Waals surface area (Å²) in [5, 5.41) is 12.7. The number of halogens is 2. The molecule has 2 aliphatic heterocycles. The minimum Gasteiger partial charge on any atom is -0.479 e. The molecular weight excluding hydrogens is 551 g/mol. The molecule has 1 aromatic carbocycles. The number of rotatable bonds is 7. The molecule has 3 N–H and O–H groups in total. The number of benzene rings is 1. The predicted molar refractivity (Wildman–Crippen MR) is 149 cm³/mol. The number of hydrogen-bond acceptors (Lipinski definition) is 7. The largest absolute Gasteiger partial charge is 0.479 e. The second-order valence-corrected chi connectivity index (χ2v) is 11.7. The summed E-state index contributed by atoms with van der Waals surface area (Å²) in [6, 6.07) is 7.55. The summed E-state index contributed by atoms with van der Waals surface area (Å²) in [6.45, 7) is 8.65. The van der Waals surface area contributed by atoms with E-state index in [2.05, 4.69) is 27.2 Å². The minimum atomic E-state index is -0.970. The number of likely N-dealkylation sites (tertiary alicyclic amines) is 1. The number of nitrogens with one attached hydrogen (secondary N) is 3. The summed E-state index contributed by atoms with van der Waals surface area (Å²) in [5.41, 5.74) is 5.54. The molecule has 5 atom stereocenters. The van der Waals surface area contributed by atoms with E-state index in [0.717, 1.165) is 0 Å². The van der Waals surface area contributed by atoms with Crippen molar-refractivity contribution in [3.8, 4) is 11.8 Å². The van der Waals surface area contributed by atoms with Crippen LogP contribution < -0.4 is 20.9 Å². The quantitative estimate of drug-likeness (QED) is 0.451. The van der Waals surface area contributed by atoms with Crippen molar-refractivity contribution in [2.75, 3.05) is 0 Å². The third kappa shape index (κ3) is 6.60. The molecule has 1 aromatic heterocycles. The van der Waals surface area contributed by atoms with E-state index in [-0.39, 0.29) is 22.7 Å². The van der Waals surface area contributed by atoms with Gasteiger partial charge in [0.2, 0.25) is 5.91 Å². The van der Waals surface area contributed by atoms with Crippen molar-refractivity contribution in [2.45, 2.75) is 84.2 Å². The first-order valence-corrected chi connectivity index (χ1v) is 13.9. The first-order valence-electron chi connectivity index (χ1n) is 13.5. The third-order valence-corrected chi connectivity index (χ3v) is 7.81. The average molecular weight is 585 g/mol. The topological polar surface area (TPSA) is 136 Å². The molecule has 0 aliphatic carbocycles. The maximum absolute atomic E-state index is 14.2. The molecule has 2 aromatic rings. The maximum Gasteiger partial charge on any atom is 0.275 e. The minimum absolute atomic E-state index is 0.0291. The van der Waals surface area contributed by atoms with Crippen LogP contribution in [0.2, 0.25) is 5.02 Å². The Morgan fingerprint density at radius 3 is 2.68 bits per heavy atom. The maximum atomic E-state index is 14.2. The lowest BCUT2D eigenvalue weighted by Gasteiger charge is -2.38. The Morgan fingerprint density at radius 1 is 1.29 bits per heavy atom. The standard InChI is InChI=1S/C29H34ClFN6O4/c1-15-10-24(27(39)36-35-15)41-23-8-6-21(33-16(23)2)26(38)34-17(3)28(40)37-22(7-9-25(37)29(4,5)14-32)18-11-19(30)13-20(31)12-18/h6,8,11-13,15,17,22,24-25,35H,7,9-10H2,1-5H3,(H,34,38)(H,36,39)/t15?,17-,22+,24?,25-/m1/s1. The van der Waals surface area contributed by atoms with Crippen LogP contribution in [0.4, 0.5) is 4.39 Å². The third-order valence-electron chi connectivity index (χ3n) is 7.59. The molecule has 10 nitrogen and oxygen atoms in total. The molecular formula is C29H34ClFN6O4. The van der Waals surface area contributed by atoms with Crippen LogP contribution in [0.25, 0.3) is 0 Å². The molecule has 0 radical (unpaired) electrons. The molecule has 218 valence electrons. The Kier molecular flexibility index (Phi) is 8.85. The van der Waals surface area contributed by atoms with Crippen molar-refractivity contribution >= 4 is 29.3 Å². The zero-order valence-corrected chi connectivity index (χ0v) is 24.4. The molecule has 2 saturated heterocycles. The van der Waals surface area contributed by atoms with Gasteiger partial charge in [-0.2, -0.15) is 5.26 Å². The zero-order chi connectivity index (χ0) is 30.1. The number of pyridine rings is 1. The lowest BCUT2D eigenvalue weighted by Crippen LogP contribution is -2.56. The van der Waals surface area contributed by atoms with Crippen molar-refractivity contribution in [3.63, 3.8) is 0 Å². The molecule has 2 fully saturated rings. The number of hydrogen-bond donors (Lipinski definition) is 3. The summed E-state index contributed by atoms with van der Waals surface area (Å²) < 4.78 is 20.1. The highest BCUT2D eigenvalue weighted by molar-refractivity contribution is 6.30. The first-order chi connectivity index (χ1) is 19.3. The van der Waals surface area contributed by atoms with Crippen LogP contribution in [0.5, 0.6) is 5.75 Å². The van der Waals surface area contributed by atoms with Crippen LogP contribution >= 0.6 is 11.6 Å². The number of carbonyl (C=O) groups is 3. The van der Waals surface area contributed by atoms with Gasteiger partial charge in [0, 0.05) is 17.5 Å². The first kappa shape index (κ1) is 30.2. The predicted octanol–water partition coefficient (Wildman–Crippen LogP) is 3.74. The summed E-state index contributed by atoms with van der Waals surface area (Å²) >= 11 is 6.11. The van der Waals surface area contributed by atoms with Gasteiger partial charge < -0.3 is 15.0 Å². The van der Waals surface area contributed by atoms with E-state index in [0.29, 0.717) is 36.3 Å².